The number of esters is 1. The topological polar surface area (TPSA) is 96.7 Å². The molecule has 0 fully saturated rings. The first-order chi connectivity index (χ1) is 7.44. The Morgan fingerprint density at radius 1 is 1.56 bits per heavy atom. The van der Waals surface area contributed by atoms with Crippen molar-refractivity contribution in [3.8, 4) is 0 Å². The van der Waals surface area contributed by atoms with E-state index in [2.05, 4.69) is 4.98 Å². The second kappa shape index (κ2) is 5.21. The van der Waals surface area contributed by atoms with Gasteiger partial charge in [-0.15, -0.1) is 0 Å². The fraction of sp³-hybridized carbons (Fsp3) is 0.333. The summed E-state index contributed by atoms with van der Waals surface area (Å²) >= 11 is 0. The van der Waals surface area contributed by atoms with Crippen molar-refractivity contribution in [2.75, 3.05) is 6.61 Å². The van der Waals surface area contributed by atoms with E-state index >= 15 is 0 Å². The Morgan fingerprint density at radius 3 is 2.81 bits per heavy atom. The lowest BCUT2D eigenvalue weighted by atomic mass is 10.2. The van der Waals surface area contributed by atoms with E-state index in [0.717, 1.165) is 0 Å². The van der Waals surface area contributed by atoms with E-state index in [-0.39, 0.29) is 17.9 Å². The molecule has 88 valence electrons. The highest BCUT2D eigenvalue weighted by Crippen LogP contribution is 2.39. The first kappa shape index (κ1) is 12.8. The molecule has 0 aliphatic heterocycles. The van der Waals surface area contributed by atoms with Crippen molar-refractivity contribution in [2.45, 2.75) is 13.1 Å². The lowest BCUT2D eigenvalue weighted by Crippen LogP contribution is -2.09. The molecule has 1 aromatic heterocycles. The van der Waals surface area contributed by atoms with Gasteiger partial charge in [-0.1, -0.05) is 0 Å². The van der Waals surface area contributed by atoms with Crippen LogP contribution in [0.25, 0.3) is 0 Å². The quantitative estimate of drug-likeness (QED) is 0.605. The van der Waals surface area contributed by atoms with E-state index in [0.29, 0.717) is 0 Å². The predicted molar refractivity (Wildman–Crippen MR) is 55.9 cm³/mol. The smallest absolute Gasteiger partial charge is 0.339 e. The van der Waals surface area contributed by atoms with Crippen LogP contribution in [0.3, 0.4) is 0 Å². The molecule has 0 unspecified atom stereocenters. The number of nitrogens with zero attached hydrogens (tertiary/aromatic N) is 1. The summed E-state index contributed by atoms with van der Waals surface area (Å²) in [5.74, 6) is -0.626. The third-order valence-electron chi connectivity index (χ3n) is 1.74. The summed E-state index contributed by atoms with van der Waals surface area (Å²) in [6, 6.07) is 2.94. The molecule has 6 nitrogen and oxygen atoms in total. The van der Waals surface area contributed by atoms with Crippen molar-refractivity contribution in [2.24, 2.45) is 0 Å². The number of ether oxygens (including phenoxy) is 1. The Kier molecular flexibility index (Phi) is 4.18. The van der Waals surface area contributed by atoms with Gasteiger partial charge in [0.25, 0.3) is 0 Å². The molecule has 0 amide bonds. The molecule has 0 atom stereocenters. The number of hydrogen-bond donors (Lipinski definition) is 2. The Hall–Kier alpha value is -1.23. The van der Waals surface area contributed by atoms with Crippen LogP contribution in [0.4, 0.5) is 0 Å². The second-order valence-electron chi connectivity index (χ2n) is 3.04. The van der Waals surface area contributed by atoms with Gasteiger partial charge in [-0.3, -0.25) is 9.55 Å². The van der Waals surface area contributed by atoms with Crippen molar-refractivity contribution in [1.29, 1.82) is 0 Å². The summed E-state index contributed by atoms with van der Waals surface area (Å²) in [4.78, 5) is 32.9. The summed E-state index contributed by atoms with van der Waals surface area (Å²) in [5.41, 5.74) is 0.141. The van der Waals surface area contributed by atoms with Crippen LogP contribution in [0.5, 0.6) is 0 Å². The van der Waals surface area contributed by atoms with Crippen LogP contribution in [0.15, 0.2) is 18.3 Å². The number of carbonyl (C=O) groups is 1. The van der Waals surface area contributed by atoms with Crippen molar-refractivity contribution in [3.63, 3.8) is 0 Å². The van der Waals surface area contributed by atoms with Gasteiger partial charge in [0.1, 0.15) is 0 Å². The summed E-state index contributed by atoms with van der Waals surface area (Å²) in [6.45, 7) is 1.85. The monoisotopic (exact) mass is 245 g/mol. The lowest BCUT2D eigenvalue weighted by molar-refractivity contribution is 0.0525. The summed E-state index contributed by atoms with van der Waals surface area (Å²) in [7, 11) is -4.24. The largest absolute Gasteiger partial charge is 0.462 e. The molecule has 0 bridgehead atoms. The summed E-state index contributed by atoms with van der Waals surface area (Å²) < 4.78 is 15.6. The van der Waals surface area contributed by atoms with Crippen molar-refractivity contribution < 1.29 is 23.9 Å². The molecule has 0 aliphatic rings. The summed E-state index contributed by atoms with van der Waals surface area (Å²) in [6.07, 6.45) is 0.801. The molecule has 0 radical (unpaired) electrons. The van der Waals surface area contributed by atoms with E-state index < -0.39 is 19.7 Å². The normalized spacial score (nSPS) is 11.2. The minimum Gasteiger partial charge on any atom is -0.462 e. The van der Waals surface area contributed by atoms with E-state index in [1.165, 1.54) is 18.3 Å². The molecule has 2 N–H and O–H groups in total. The highest BCUT2D eigenvalue weighted by atomic mass is 31.2. The molecular formula is C9H12NO5P. The molecule has 1 rings (SSSR count). The van der Waals surface area contributed by atoms with Crippen molar-refractivity contribution in [3.05, 3.63) is 29.6 Å². The molecule has 16 heavy (non-hydrogen) atoms. The average molecular weight is 245 g/mol. The lowest BCUT2D eigenvalue weighted by Gasteiger charge is -2.08. The Balaban J connectivity index is 3.01. The summed E-state index contributed by atoms with van der Waals surface area (Å²) in [5, 5.41) is 0. The van der Waals surface area contributed by atoms with Crippen molar-refractivity contribution >= 4 is 13.6 Å². The highest BCUT2D eigenvalue weighted by molar-refractivity contribution is 7.50. The minimum absolute atomic E-state index is 0.0503. The first-order valence-electron chi connectivity index (χ1n) is 4.59. The maximum atomic E-state index is 11.4. The van der Waals surface area contributed by atoms with Gasteiger partial charge >= 0.3 is 13.6 Å². The van der Waals surface area contributed by atoms with Crippen LogP contribution in [-0.4, -0.2) is 27.3 Å². The fourth-order valence-corrected chi connectivity index (χ4v) is 1.80. The van der Waals surface area contributed by atoms with Gasteiger partial charge in [0.2, 0.25) is 0 Å². The Bertz CT molecular complexity index is 428. The Morgan fingerprint density at radius 2 is 2.25 bits per heavy atom. The minimum atomic E-state index is -4.24. The van der Waals surface area contributed by atoms with E-state index in [1.54, 1.807) is 6.92 Å². The molecule has 1 heterocycles. The maximum absolute atomic E-state index is 11.4. The molecule has 0 aliphatic carbocycles. The fourth-order valence-electron chi connectivity index (χ4n) is 1.15. The molecule has 0 aromatic carbocycles. The van der Waals surface area contributed by atoms with Crippen molar-refractivity contribution in [1.82, 2.24) is 4.98 Å². The number of pyridine rings is 1. The van der Waals surface area contributed by atoms with Gasteiger partial charge in [-0.05, 0) is 19.1 Å². The zero-order chi connectivity index (χ0) is 12.2. The van der Waals surface area contributed by atoms with Gasteiger partial charge in [-0.25, -0.2) is 4.79 Å². The second-order valence-corrected chi connectivity index (χ2v) is 4.69. The number of hydrogen-bond acceptors (Lipinski definition) is 4. The zero-order valence-corrected chi connectivity index (χ0v) is 9.55. The molecule has 0 spiro atoms. The molecule has 0 saturated heterocycles. The van der Waals surface area contributed by atoms with Gasteiger partial charge in [0.15, 0.2) is 0 Å². The standard InChI is InChI=1S/C9H12NO5P/c1-2-15-9(11)7-4-3-5-10-8(7)6-16(12,13)14/h3-5H,2,6H2,1H3,(H2,12,13,14). The van der Waals surface area contributed by atoms with Crippen LogP contribution in [-0.2, 0) is 15.5 Å². The number of aromatic nitrogens is 1. The molecule has 0 saturated carbocycles. The van der Waals surface area contributed by atoms with Gasteiger partial charge in [0, 0.05) is 6.20 Å². The number of carbonyl (C=O) groups excluding carboxylic acids is 1. The predicted octanol–water partition coefficient (Wildman–Crippen LogP) is 0.936. The van der Waals surface area contributed by atoms with Crippen LogP contribution < -0.4 is 0 Å². The molecule has 7 heteroatoms. The van der Waals surface area contributed by atoms with E-state index in [9.17, 15) is 9.36 Å². The SMILES string of the molecule is CCOC(=O)c1cccnc1CP(=O)(O)O. The highest BCUT2D eigenvalue weighted by Gasteiger charge is 2.21. The third kappa shape index (κ3) is 3.73. The zero-order valence-electron chi connectivity index (χ0n) is 8.66. The van der Waals surface area contributed by atoms with E-state index in [4.69, 9.17) is 14.5 Å². The first-order valence-corrected chi connectivity index (χ1v) is 6.39. The average Bonchev–Trinajstić information content (AvgIpc) is 2.16. The third-order valence-corrected chi connectivity index (χ3v) is 2.45. The van der Waals surface area contributed by atoms with Gasteiger partial charge in [0.05, 0.1) is 24.0 Å². The van der Waals surface area contributed by atoms with Gasteiger partial charge in [-0.2, -0.15) is 0 Å². The van der Waals surface area contributed by atoms with Crippen LogP contribution in [0, 0.1) is 0 Å². The van der Waals surface area contributed by atoms with Crippen LogP contribution in [0.1, 0.15) is 23.0 Å². The molecule has 1 aromatic rings. The van der Waals surface area contributed by atoms with E-state index in [1.807, 2.05) is 0 Å². The number of rotatable bonds is 4. The maximum Gasteiger partial charge on any atom is 0.339 e. The Labute approximate surface area is 92.4 Å². The van der Waals surface area contributed by atoms with Crippen LogP contribution in [0.2, 0.25) is 0 Å². The van der Waals surface area contributed by atoms with Gasteiger partial charge < -0.3 is 14.5 Å². The molecular weight excluding hydrogens is 233 g/mol. The van der Waals surface area contributed by atoms with Crippen LogP contribution >= 0.6 is 7.60 Å².